The van der Waals surface area contributed by atoms with E-state index < -0.39 is 0 Å². The molecule has 70 valence electrons. The lowest BCUT2D eigenvalue weighted by molar-refractivity contribution is 0.303. The summed E-state index contributed by atoms with van der Waals surface area (Å²) < 4.78 is 0. The van der Waals surface area contributed by atoms with Crippen LogP contribution >= 0.6 is 0 Å². The molecule has 2 aliphatic rings. The minimum Gasteiger partial charge on any atom is -0.0625 e. The largest absolute Gasteiger partial charge is 0.0625 e. The Hall–Kier alpha value is 0. The van der Waals surface area contributed by atoms with Gasteiger partial charge < -0.3 is 0 Å². The second kappa shape index (κ2) is 2.75. The molecule has 0 bridgehead atoms. The fourth-order valence-corrected chi connectivity index (χ4v) is 3.71. The molecule has 2 aliphatic carbocycles. The van der Waals surface area contributed by atoms with Gasteiger partial charge in [-0.25, -0.2) is 0 Å². The molecule has 2 fully saturated rings. The lowest BCUT2D eigenvalue weighted by Gasteiger charge is -2.19. The van der Waals surface area contributed by atoms with Crippen molar-refractivity contribution in [1.82, 2.24) is 0 Å². The molecular weight excluding hydrogens is 144 g/mol. The van der Waals surface area contributed by atoms with Crippen LogP contribution in [0.15, 0.2) is 0 Å². The summed E-state index contributed by atoms with van der Waals surface area (Å²) in [5.74, 6) is 6.32. The van der Waals surface area contributed by atoms with Crippen molar-refractivity contribution in [2.75, 3.05) is 0 Å². The van der Waals surface area contributed by atoms with Crippen LogP contribution in [0.3, 0.4) is 0 Å². The van der Waals surface area contributed by atoms with E-state index in [0.29, 0.717) is 0 Å². The van der Waals surface area contributed by atoms with Gasteiger partial charge in [0.05, 0.1) is 0 Å². The third kappa shape index (κ3) is 1.11. The van der Waals surface area contributed by atoms with Crippen molar-refractivity contribution in [3.8, 4) is 0 Å². The minimum atomic E-state index is 0.934. The van der Waals surface area contributed by atoms with Gasteiger partial charge in [-0.2, -0.15) is 0 Å². The van der Waals surface area contributed by atoms with E-state index in [1.165, 1.54) is 12.8 Å². The smallest absolute Gasteiger partial charge is 0.0319 e. The van der Waals surface area contributed by atoms with Crippen LogP contribution in [0.5, 0.6) is 0 Å². The third-order valence-electron chi connectivity index (χ3n) is 4.25. The standard InChI is InChI=1S/C12H22/c1-7(2)9-5-6-10-11(8(3)4)12(9)10/h7-12H,5-6H2,1-4H3. The Bertz CT molecular complexity index is 169. The van der Waals surface area contributed by atoms with Gasteiger partial charge in [0.25, 0.3) is 0 Å². The van der Waals surface area contributed by atoms with Gasteiger partial charge in [0.1, 0.15) is 0 Å². The molecule has 0 aromatic rings. The highest BCUT2D eigenvalue weighted by Crippen LogP contribution is 2.64. The molecule has 0 spiro atoms. The molecule has 4 atom stereocenters. The highest BCUT2D eigenvalue weighted by molar-refractivity contribution is 5.06. The van der Waals surface area contributed by atoms with E-state index in [2.05, 4.69) is 27.7 Å². The van der Waals surface area contributed by atoms with Crippen molar-refractivity contribution in [2.24, 2.45) is 35.5 Å². The van der Waals surface area contributed by atoms with Crippen LogP contribution < -0.4 is 0 Å². The Morgan fingerprint density at radius 2 is 1.58 bits per heavy atom. The molecule has 2 saturated carbocycles. The minimum absolute atomic E-state index is 0.934. The quantitative estimate of drug-likeness (QED) is 0.588. The summed E-state index contributed by atoms with van der Waals surface area (Å²) >= 11 is 0. The molecule has 0 N–H and O–H groups in total. The van der Waals surface area contributed by atoms with Crippen molar-refractivity contribution in [3.05, 3.63) is 0 Å². The summed E-state index contributed by atoms with van der Waals surface area (Å²) in [6.07, 6.45) is 3.06. The molecule has 4 unspecified atom stereocenters. The van der Waals surface area contributed by atoms with Gasteiger partial charge in [-0.1, -0.05) is 27.7 Å². The van der Waals surface area contributed by atoms with Crippen molar-refractivity contribution in [1.29, 1.82) is 0 Å². The number of hydrogen-bond acceptors (Lipinski definition) is 0. The Balaban J connectivity index is 1.98. The SMILES string of the molecule is CC(C)C1CCC2C(C(C)C)C12. The van der Waals surface area contributed by atoms with Crippen molar-refractivity contribution in [2.45, 2.75) is 40.5 Å². The molecule has 0 nitrogen and oxygen atoms in total. The topological polar surface area (TPSA) is 0 Å². The van der Waals surface area contributed by atoms with E-state index in [0.717, 1.165) is 35.5 Å². The van der Waals surface area contributed by atoms with E-state index in [-0.39, 0.29) is 0 Å². The highest BCUT2D eigenvalue weighted by atomic mass is 14.6. The molecular formula is C12H22. The molecule has 0 amide bonds. The monoisotopic (exact) mass is 166 g/mol. The third-order valence-corrected chi connectivity index (χ3v) is 4.25. The number of fused-ring (bicyclic) bond motifs is 1. The van der Waals surface area contributed by atoms with E-state index in [9.17, 15) is 0 Å². The molecule has 12 heavy (non-hydrogen) atoms. The summed E-state index contributed by atoms with van der Waals surface area (Å²) in [5, 5.41) is 0. The van der Waals surface area contributed by atoms with Crippen LogP contribution in [0.25, 0.3) is 0 Å². The van der Waals surface area contributed by atoms with Crippen LogP contribution in [0.4, 0.5) is 0 Å². The fourth-order valence-electron chi connectivity index (χ4n) is 3.71. The van der Waals surface area contributed by atoms with E-state index >= 15 is 0 Å². The summed E-state index contributed by atoms with van der Waals surface area (Å²) in [4.78, 5) is 0. The van der Waals surface area contributed by atoms with Gasteiger partial charge in [-0.3, -0.25) is 0 Å². The predicted octanol–water partition coefficient (Wildman–Crippen LogP) is 3.57. The molecule has 0 aromatic carbocycles. The highest BCUT2D eigenvalue weighted by Gasteiger charge is 2.58. The zero-order valence-electron chi connectivity index (χ0n) is 8.88. The number of hydrogen-bond donors (Lipinski definition) is 0. The molecule has 0 aromatic heterocycles. The lowest BCUT2D eigenvalue weighted by atomic mass is 9.86. The normalized spacial score (nSPS) is 45.5. The first-order valence-electron chi connectivity index (χ1n) is 5.63. The molecule has 0 saturated heterocycles. The van der Waals surface area contributed by atoms with Crippen LogP contribution in [0.1, 0.15) is 40.5 Å². The molecule has 0 aliphatic heterocycles. The van der Waals surface area contributed by atoms with Gasteiger partial charge in [0.2, 0.25) is 0 Å². The van der Waals surface area contributed by atoms with Crippen LogP contribution in [0, 0.1) is 35.5 Å². The maximum Gasteiger partial charge on any atom is -0.0319 e. The molecule has 0 heteroatoms. The number of rotatable bonds is 2. The summed E-state index contributed by atoms with van der Waals surface area (Å²) in [5.41, 5.74) is 0. The fraction of sp³-hybridized carbons (Fsp3) is 1.00. The Morgan fingerprint density at radius 1 is 0.917 bits per heavy atom. The van der Waals surface area contributed by atoms with E-state index in [1.54, 1.807) is 0 Å². The van der Waals surface area contributed by atoms with Gasteiger partial charge in [-0.05, 0) is 48.3 Å². The first-order valence-corrected chi connectivity index (χ1v) is 5.63. The zero-order chi connectivity index (χ0) is 8.88. The maximum atomic E-state index is 2.41. The lowest BCUT2D eigenvalue weighted by Crippen LogP contribution is -2.11. The average molecular weight is 166 g/mol. The molecule has 0 radical (unpaired) electrons. The van der Waals surface area contributed by atoms with Crippen molar-refractivity contribution < 1.29 is 0 Å². The van der Waals surface area contributed by atoms with Crippen molar-refractivity contribution >= 4 is 0 Å². The van der Waals surface area contributed by atoms with Crippen LogP contribution in [0.2, 0.25) is 0 Å². The predicted molar refractivity (Wildman–Crippen MR) is 52.9 cm³/mol. The molecule has 2 rings (SSSR count). The van der Waals surface area contributed by atoms with Crippen LogP contribution in [-0.2, 0) is 0 Å². The van der Waals surface area contributed by atoms with Gasteiger partial charge in [0.15, 0.2) is 0 Å². The van der Waals surface area contributed by atoms with Crippen LogP contribution in [-0.4, -0.2) is 0 Å². The zero-order valence-corrected chi connectivity index (χ0v) is 8.88. The Kier molecular flexibility index (Phi) is 1.97. The van der Waals surface area contributed by atoms with E-state index in [4.69, 9.17) is 0 Å². The first-order chi connectivity index (χ1) is 5.63. The molecule has 0 heterocycles. The maximum absolute atomic E-state index is 2.41. The van der Waals surface area contributed by atoms with Gasteiger partial charge >= 0.3 is 0 Å². The first kappa shape index (κ1) is 8.59. The second-order valence-corrected chi connectivity index (χ2v) is 5.55. The summed E-state index contributed by atoms with van der Waals surface area (Å²) in [7, 11) is 0. The second-order valence-electron chi connectivity index (χ2n) is 5.55. The Morgan fingerprint density at radius 3 is 2.00 bits per heavy atom. The average Bonchev–Trinajstić information content (AvgIpc) is 2.52. The summed E-state index contributed by atoms with van der Waals surface area (Å²) in [6, 6.07) is 0. The Labute approximate surface area is 76.7 Å². The van der Waals surface area contributed by atoms with Crippen molar-refractivity contribution in [3.63, 3.8) is 0 Å². The van der Waals surface area contributed by atoms with Gasteiger partial charge in [-0.15, -0.1) is 0 Å². The summed E-state index contributed by atoms with van der Waals surface area (Å²) in [6.45, 7) is 9.62. The van der Waals surface area contributed by atoms with Gasteiger partial charge in [0, 0.05) is 0 Å². The van der Waals surface area contributed by atoms with E-state index in [1.807, 2.05) is 0 Å².